The normalized spacial score (nSPS) is 10.7. The number of imidazole rings is 1. The third kappa shape index (κ3) is 2.61. The Morgan fingerprint density at radius 1 is 1.48 bits per heavy atom. The first-order valence-corrected chi connectivity index (χ1v) is 6.83. The smallest absolute Gasteiger partial charge is 0.270 e. The number of nitro benzene ring substituents is 1. The number of ether oxygens (including phenoxy) is 1. The van der Waals surface area contributed by atoms with Crippen molar-refractivity contribution in [1.29, 1.82) is 0 Å². The molecule has 0 radical (unpaired) electrons. The van der Waals surface area contributed by atoms with Crippen LogP contribution in [0.3, 0.4) is 0 Å². The van der Waals surface area contributed by atoms with E-state index in [4.69, 9.17) is 4.74 Å². The molecule has 0 atom stereocenters. The molecule has 0 aliphatic heterocycles. The molecule has 21 heavy (non-hydrogen) atoms. The number of carbonyl (C=O) groups excluding carboxylic acids is 1. The van der Waals surface area contributed by atoms with Gasteiger partial charge in [-0.3, -0.25) is 19.3 Å². The van der Waals surface area contributed by atoms with Crippen molar-refractivity contribution < 1.29 is 14.5 Å². The maximum atomic E-state index is 11.0. The van der Waals surface area contributed by atoms with Crippen LogP contribution in [0.4, 0.5) is 5.69 Å². The minimum Gasteiger partial charge on any atom is -0.486 e. The Kier molecular flexibility index (Phi) is 3.36. The minimum atomic E-state index is -0.555. The molecule has 0 spiro atoms. The van der Waals surface area contributed by atoms with Crippen molar-refractivity contribution in [2.24, 2.45) is 0 Å². The van der Waals surface area contributed by atoms with Crippen molar-refractivity contribution in [3.63, 3.8) is 0 Å². The second-order valence-electron chi connectivity index (χ2n) is 4.21. The highest BCUT2D eigenvalue weighted by Crippen LogP contribution is 2.23. The number of carbonyl (C=O) groups is 1. The van der Waals surface area contributed by atoms with Crippen LogP contribution in [0.25, 0.3) is 4.96 Å². The summed E-state index contributed by atoms with van der Waals surface area (Å²) in [5.74, 6) is 0.298. The van der Waals surface area contributed by atoms with Gasteiger partial charge < -0.3 is 4.74 Å². The van der Waals surface area contributed by atoms with E-state index in [1.54, 1.807) is 0 Å². The number of nitro groups is 1. The molecule has 3 rings (SSSR count). The van der Waals surface area contributed by atoms with Crippen molar-refractivity contribution in [3.05, 3.63) is 57.3 Å². The van der Waals surface area contributed by atoms with Gasteiger partial charge in [0.05, 0.1) is 16.2 Å². The second-order valence-corrected chi connectivity index (χ2v) is 5.08. The fourth-order valence-electron chi connectivity index (χ4n) is 1.87. The topological polar surface area (TPSA) is 86.7 Å². The van der Waals surface area contributed by atoms with E-state index >= 15 is 0 Å². The zero-order chi connectivity index (χ0) is 14.8. The number of benzene rings is 1. The van der Waals surface area contributed by atoms with Gasteiger partial charge in [-0.05, 0) is 6.07 Å². The Labute approximate surface area is 122 Å². The summed E-state index contributed by atoms with van der Waals surface area (Å²) in [7, 11) is 0. The molecule has 8 heteroatoms. The summed E-state index contributed by atoms with van der Waals surface area (Å²) >= 11 is 1.51. The molecule has 0 saturated carbocycles. The first-order chi connectivity index (χ1) is 10.2. The summed E-state index contributed by atoms with van der Waals surface area (Å²) in [4.78, 5) is 26.3. The summed E-state index contributed by atoms with van der Waals surface area (Å²) in [5.41, 5.74) is 0.717. The lowest BCUT2D eigenvalue weighted by molar-refractivity contribution is -0.384. The molecule has 0 N–H and O–H groups in total. The van der Waals surface area contributed by atoms with Crippen LogP contribution in [0.5, 0.6) is 5.75 Å². The van der Waals surface area contributed by atoms with Gasteiger partial charge in [0.25, 0.3) is 5.69 Å². The Bertz CT molecular complexity index is 795. The largest absolute Gasteiger partial charge is 0.486 e. The Morgan fingerprint density at radius 2 is 2.33 bits per heavy atom. The van der Waals surface area contributed by atoms with E-state index < -0.39 is 4.92 Å². The number of aromatic nitrogens is 2. The van der Waals surface area contributed by atoms with Crippen LogP contribution in [-0.2, 0) is 6.61 Å². The lowest BCUT2D eigenvalue weighted by atomic mass is 10.2. The van der Waals surface area contributed by atoms with Crippen molar-refractivity contribution in [1.82, 2.24) is 9.38 Å². The molecule has 0 bridgehead atoms. The van der Waals surface area contributed by atoms with Crippen molar-refractivity contribution in [3.8, 4) is 5.75 Å². The van der Waals surface area contributed by atoms with E-state index in [0.29, 0.717) is 12.0 Å². The number of rotatable bonds is 5. The van der Waals surface area contributed by atoms with Crippen LogP contribution in [0.15, 0.2) is 36.0 Å². The van der Waals surface area contributed by atoms with Crippen LogP contribution >= 0.6 is 11.3 Å². The standard InChI is InChI=1S/C13H9N3O4S/c17-7-9-5-11(16(18)19)1-2-12(9)20-8-10-6-15-3-4-21-13(15)14-10/h1-7H,8H2. The maximum Gasteiger partial charge on any atom is 0.270 e. The quantitative estimate of drug-likeness (QED) is 0.411. The summed E-state index contributed by atoms with van der Waals surface area (Å²) in [6, 6.07) is 3.91. The number of aldehydes is 1. The van der Waals surface area contributed by atoms with Gasteiger partial charge in [0, 0.05) is 29.9 Å². The van der Waals surface area contributed by atoms with E-state index in [1.807, 2.05) is 22.2 Å². The summed E-state index contributed by atoms with van der Waals surface area (Å²) in [6.07, 6.45) is 4.26. The molecule has 0 amide bonds. The Hall–Kier alpha value is -2.74. The van der Waals surface area contributed by atoms with Crippen molar-refractivity contribution in [2.75, 3.05) is 0 Å². The van der Waals surface area contributed by atoms with Gasteiger partial charge in [-0.25, -0.2) is 4.98 Å². The molecule has 0 saturated heterocycles. The SMILES string of the molecule is O=Cc1cc([N+](=O)[O-])ccc1OCc1cn2ccsc2n1. The Morgan fingerprint density at radius 3 is 3.05 bits per heavy atom. The number of nitrogens with zero attached hydrogens (tertiary/aromatic N) is 3. The molecule has 0 fully saturated rings. The number of hydrogen-bond donors (Lipinski definition) is 0. The molecule has 7 nitrogen and oxygen atoms in total. The van der Waals surface area contributed by atoms with E-state index in [0.717, 1.165) is 10.7 Å². The summed E-state index contributed by atoms with van der Waals surface area (Å²) < 4.78 is 7.40. The van der Waals surface area contributed by atoms with E-state index in [-0.39, 0.29) is 17.9 Å². The zero-order valence-electron chi connectivity index (χ0n) is 10.6. The van der Waals surface area contributed by atoms with Crippen LogP contribution in [-0.4, -0.2) is 20.6 Å². The monoisotopic (exact) mass is 303 g/mol. The van der Waals surface area contributed by atoms with E-state index in [1.165, 1.54) is 29.5 Å². The minimum absolute atomic E-state index is 0.144. The average molecular weight is 303 g/mol. The van der Waals surface area contributed by atoms with Gasteiger partial charge in [0.2, 0.25) is 0 Å². The number of hydrogen-bond acceptors (Lipinski definition) is 6. The summed E-state index contributed by atoms with van der Waals surface area (Å²) in [6.45, 7) is 0.188. The molecule has 1 aromatic carbocycles. The molecule has 2 heterocycles. The van der Waals surface area contributed by atoms with E-state index in [2.05, 4.69) is 4.98 Å². The lowest BCUT2D eigenvalue weighted by Crippen LogP contribution is -1.99. The van der Waals surface area contributed by atoms with Crippen LogP contribution in [0.1, 0.15) is 16.1 Å². The van der Waals surface area contributed by atoms with Crippen LogP contribution < -0.4 is 4.74 Å². The van der Waals surface area contributed by atoms with Gasteiger partial charge >= 0.3 is 0 Å². The number of non-ortho nitro benzene ring substituents is 1. The fourth-order valence-corrected chi connectivity index (χ4v) is 2.59. The van der Waals surface area contributed by atoms with Gasteiger partial charge in [0.1, 0.15) is 12.4 Å². The van der Waals surface area contributed by atoms with Gasteiger partial charge in [-0.2, -0.15) is 0 Å². The third-order valence-corrected chi connectivity index (χ3v) is 3.62. The molecule has 2 aromatic heterocycles. The van der Waals surface area contributed by atoms with Gasteiger partial charge in [-0.1, -0.05) is 0 Å². The molecule has 3 aromatic rings. The lowest BCUT2D eigenvalue weighted by Gasteiger charge is -2.06. The predicted octanol–water partition coefficient (Wildman–Crippen LogP) is 2.70. The number of thiazole rings is 1. The second kappa shape index (κ2) is 5.33. The zero-order valence-corrected chi connectivity index (χ0v) is 11.4. The fraction of sp³-hybridized carbons (Fsp3) is 0.0769. The van der Waals surface area contributed by atoms with Crippen LogP contribution in [0, 0.1) is 10.1 Å². The number of fused-ring (bicyclic) bond motifs is 1. The molecule has 0 aliphatic carbocycles. The molecular weight excluding hydrogens is 294 g/mol. The molecule has 0 unspecified atom stereocenters. The highest BCUT2D eigenvalue weighted by atomic mass is 32.1. The third-order valence-electron chi connectivity index (χ3n) is 2.85. The maximum absolute atomic E-state index is 11.0. The van der Waals surface area contributed by atoms with Crippen molar-refractivity contribution in [2.45, 2.75) is 6.61 Å². The first-order valence-electron chi connectivity index (χ1n) is 5.95. The summed E-state index contributed by atoms with van der Waals surface area (Å²) in [5, 5.41) is 12.6. The highest BCUT2D eigenvalue weighted by Gasteiger charge is 2.12. The van der Waals surface area contributed by atoms with Crippen LogP contribution in [0.2, 0.25) is 0 Å². The first kappa shape index (κ1) is 13.3. The van der Waals surface area contributed by atoms with Crippen molar-refractivity contribution >= 4 is 28.3 Å². The Balaban J connectivity index is 1.79. The van der Waals surface area contributed by atoms with Gasteiger partial charge in [-0.15, -0.1) is 11.3 Å². The molecule has 106 valence electrons. The average Bonchev–Trinajstić information content (AvgIpc) is 3.05. The van der Waals surface area contributed by atoms with Gasteiger partial charge in [0.15, 0.2) is 11.2 Å². The molecule has 0 aliphatic rings. The van der Waals surface area contributed by atoms with E-state index in [9.17, 15) is 14.9 Å². The predicted molar refractivity (Wildman–Crippen MR) is 75.9 cm³/mol. The molecular formula is C13H9N3O4S. The highest BCUT2D eigenvalue weighted by molar-refractivity contribution is 7.15.